The van der Waals surface area contributed by atoms with Crippen LogP contribution in [0.1, 0.15) is 36.0 Å². The Labute approximate surface area is 98.6 Å². The Balaban J connectivity index is 2.56. The molecule has 3 N–H and O–H groups in total. The van der Waals surface area contributed by atoms with Crippen LogP contribution >= 0.6 is 15.9 Å². The van der Waals surface area contributed by atoms with Crippen LogP contribution < -0.4 is 5.73 Å². The fourth-order valence-corrected chi connectivity index (χ4v) is 2.85. The van der Waals surface area contributed by atoms with Crippen LogP contribution in [0.25, 0.3) is 0 Å². The number of aryl methyl sites for hydroxylation is 1. The second-order valence-electron chi connectivity index (χ2n) is 4.09. The molecule has 0 spiro atoms. The summed E-state index contributed by atoms with van der Waals surface area (Å²) in [7, 11) is 0. The van der Waals surface area contributed by atoms with Crippen molar-refractivity contribution in [3.63, 3.8) is 0 Å². The van der Waals surface area contributed by atoms with Crippen molar-refractivity contribution in [3.8, 4) is 5.75 Å². The Morgan fingerprint density at radius 3 is 2.73 bits per heavy atom. The van der Waals surface area contributed by atoms with Gasteiger partial charge < -0.3 is 10.8 Å². The molecule has 82 valence electrons. The molecule has 1 aromatic rings. The molecule has 0 heterocycles. The molecule has 15 heavy (non-hydrogen) atoms. The summed E-state index contributed by atoms with van der Waals surface area (Å²) in [5, 5.41) is 9.92. The van der Waals surface area contributed by atoms with Gasteiger partial charge in [0.1, 0.15) is 5.75 Å². The standard InChI is InChI=1S/C12H16BrNO/c13-11-6-8-4-2-1-3-5-9(8)10(7-14)12(11)15/h6,15H,1-5,7,14H2. The summed E-state index contributed by atoms with van der Waals surface area (Å²) in [6.45, 7) is 0.424. The van der Waals surface area contributed by atoms with E-state index in [1.807, 2.05) is 0 Å². The lowest BCUT2D eigenvalue weighted by atomic mass is 9.96. The molecule has 0 saturated heterocycles. The average Bonchev–Trinajstić information content (AvgIpc) is 2.45. The number of halogens is 1. The van der Waals surface area contributed by atoms with Gasteiger partial charge in [-0.15, -0.1) is 0 Å². The van der Waals surface area contributed by atoms with E-state index < -0.39 is 0 Å². The van der Waals surface area contributed by atoms with Crippen molar-refractivity contribution in [1.29, 1.82) is 0 Å². The van der Waals surface area contributed by atoms with Crippen LogP contribution in [0.2, 0.25) is 0 Å². The van der Waals surface area contributed by atoms with Crippen LogP contribution in [-0.4, -0.2) is 5.11 Å². The van der Waals surface area contributed by atoms with Gasteiger partial charge in [0.25, 0.3) is 0 Å². The zero-order valence-corrected chi connectivity index (χ0v) is 10.3. The Morgan fingerprint density at radius 1 is 1.27 bits per heavy atom. The third kappa shape index (κ3) is 2.04. The Morgan fingerprint density at radius 2 is 2.00 bits per heavy atom. The number of hydrogen-bond acceptors (Lipinski definition) is 2. The first-order valence-electron chi connectivity index (χ1n) is 5.46. The van der Waals surface area contributed by atoms with Crippen molar-refractivity contribution >= 4 is 15.9 Å². The summed E-state index contributed by atoms with van der Waals surface area (Å²) in [6, 6.07) is 2.05. The van der Waals surface area contributed by atoms with Crippen LogP contribution in [0, 0.1) is 0 Å². The fourth-order valence-electron chi connectivity index (χ4n) is 2.34. The summed E-state index contributed by atoms with van der Waals surface area (Å²) in [5.74, 6) is 0.332. The van der Waals surface area contributed by atoms with Gasteiger partial charge in [0.05, 0.1) is 4.47 Å². The Hall–Kier alpha value is -0.540. The van der Waals surface area contributed by atoms with Crippen LogP contribution in [-0.2, 0) is 19.4 Å². The minimum atomic E-state index is 0.332. The summed E-state index contributed by atoms with van der Waals surface area (Å²) < 4.78 is 0.781. The highest BCUT2D eigenvalue weighted by Gasteiger charge is 2.16. The van der Waals surface area contributed by atoms with Crippen molar-refractivity contribution in [2.45, 2.75) is 38.6 Å². The van der Waals surface area contributed by atoms with E-state index in [1.54, 1.807) is 0 Å². The first kappa shape index (κ1) is 11.0. The molecule has 0 amide bonds. The maximum atomic E-state index is 9.92. The lowest BCUT2D eigenvalue weighted by Gasteiger charge is -2.14. The Kier molecular flexibility index (Phi) is 3.32. The van der Waals surface area contributed by atoms with Gasteiger partial charge in [0.15, 0.2) is 0 Å². The summed E-state index contributed by atoms with van der Waals surface area (Å²) in [4.78, 5) is 0. The van der Waals surface area contributed by atoms with E-state index in [0.29, 0.717) is 12.3 Å². The molecular weight excluding hydrogens is 254 g/mol. The number of nitrogens with two attached hydrogens (primary N) is 1. The quantitative estimate of drug-likeness (QED) is 0.771. The number of fused-ring (bicyclic) bond motifs is 1. The van der Waals surface area contributed by atoms with Crippen molar-refractivity contribution in [1.82, 2.24) is 0 Å². The molecular formula is C12H16BrNO. The second-order valence-corrected chi connectivity index (χ2v) is 4.94. The highest BCUT2D eigenvalue weighted by Crippen LogP contribution is 2.35. The lowest BCUT2D eigenvalue weighted by molar-refractivity contribution is 0.463. The van der Waals surface area contributed by atoms with Crippen molar-refractivity contribution < 1.29 is 5.11 Å². The van der Waals surface area contributed by atoms with Crippen LogP contribution in [0.15, 0.2) is 10.5 Å². The molecule has 1 aliphatic carbocycles. The van der Waals surface area contributed by atoms with Gasteiger partial charge in [-0.3, -0.25) is 0 Å². The largest absolute Gasteiger partial charge is 0.506 e. The zero-order valence-electron chi connectivity index (χ0n) is 8.72. The molecule has 2 rings (SSSR count). The molecule has 0 aliphatic heterocycles. The van der Waals surface area contributed by atoms with E-state index in [4.69, 9.17) is 5.73 Å². The highest BCUT2D eigenvalue weighted by molar-refractivity contribution is 9.10. The minimum absolute atomic E-state index is 0.332. The minimum Gasteiger partial charge on any atom is -0.506 e. The topological polar surface area (TPSA) is 46.2 Å². The summed E-state index contributed by atoms with van der Waals surface area (Å²) in [5.41, 5.74) is 9.29. The molecule has 3 heteroatoms. The van der Waals surface area contributed by atoms with E-state index in [0.717, 1.165) is 22.9 Å². The molecule has 0 bridgehead atoms. The normalized spacial score (nSPS) is 15.9. The molecule has 0 aromatic heterocycles. The van der Waals surface area contributed by atoms with Gasteiger partial charge in [-0.2, -0.15) is 0 Å². The van der Waals surface area contributed by atoms with Gasteiger partial charge in [-0.1, -0.05) is 6.42 Å². The average molecular weight is 270 g/mol. The number of aromatic hydroxyl groups is 1. The summed E-state index contributed by atoms with van der Waals surface area (Å²) >= 11 is 3.39. The molecule has 0 unspecified atom stereocenters. The monoisotopic (exact) mass is 269 g/mol. The number of hydrogen-bond donors (Lipinski definition) is 2. The molecule has 1 aliphatic rings. The van der Waals surface area contributed by atoms with Crippen molar-refractivity contribution in [3.05, 3.63) is 27.2 Å². The molecule has 0 atom stereocenters. The van der Waals surface area contributed by atoms with Gasteiger partial charge in [0, 0.05) is 12.1 Å². The second kappa shape index (κ2) is 4.54. The van der Waals surface area contributed by atoms with E-state index in [2.05, 4.69) is 22.0 Å². The van der Waals surface area contributed by atoms with E-state index in [9.17, 15) is 5.11 Å². The van der Waals surface area contributed by atoms with Crippen LogP contribution in [0.3, 0.4) is 0 Å². The predicted octanol–water partition coefficient (Wildman–Crippen LogP) is 2.88. The molecule has 0 saturated carbocycles. The fraction of sp³-hybridized carbons (Fsp3) is 0.500. The van der Waals surface area contributed by atoms with E-state index in [1.165, 1.54) is 30.4 Å². The van der Waals surface area contributed by atoms with Gasteiger partial charge in [-0.05, 0) is 58.8 Å². The summed E-state index contributed by atoms with van der Waals surface area (Å²) in [6.07, 6.45) is 5.90. The van der Waals surface area contributed by atoms with Gasteiger partial charge >= 0.3 is 0 Å². The third-order valence-electron chi connectivity index (χ3n) is 3.14. The van der Waals surface area contributed by atoms with Crippen molar-refractivity contribution in [2.75, 3.05) is 0 Å². The lowest BCUT2D eigenvalue weighted by Crippen LogP contribution is -2.05. The first-order valence-corrected chi connectivity index (χ1v) is 6.25. The zero-order chi connectivity index (χ0) is 10.8. The molecule has 0 fully saturated rings. The number of rotatable bonds is 1. The maximum absolute atomic E-state index is 9.92. The SMILES string of the molecule is NCc1c(O)c(Br)cc2c1CCCCC2. The molecule has 0 radical (unpaired) electrons. The number of benzene rings is 1. The van der Waals surface area contributed by atoms with Gasteiger partial charge in [0.2, 0.25) is 0 Å². The number of phenols is 1. The molecule has 1 aromatic carbocycles. The number of phenolic OH excluding ortho intramolecular Hbond substituents is 1. The Bertz CT molecular complexity index is 376. The van der Waals surface area contributed by atoms with Gasteiger partial charge in [-0.25, -0.2) is 0 Å². The van der Waals surface area contributed by atoms with Crippen molar-refractivity contribution in [2.24, 2.45) is 5.73 Å². The first-order chi connectivity index (χ1) is 7.24. The third-order valence-corrected chi connectivity index (χ3v) is 3.75. The van der Waals surface area contributed by atoms with E-state index >= 15 is 0 Å². The highest BCUT2D eigenvalue weighted by atomic mass is 79.9. The smallest absolute Gasteiger partial charge is 0.134 e. The predicted molar refractivity (Wildman–Crippen MR) is 65.0 cm³/mol. The maximum Gasteiger partial charge on any atom is 0.134 e. The van der Waals surface area contributed by atoms with Crippen LogP contribution in [0.5, 0.6) is 5.75 Å². The molecule has 2 nitrogen and oxygen atoms in total. The van der Waals surface area contributed by atoms with Crippen LogP contribution in [0.4, 0.5) is 0 Å². The van der Waals surface area contributed by atoms with E-state index in [-0.39, 0.29) is 0 Å².